The molecule has 0 spiro atoms. The molecule has 1 aliphatic rings. The smallest absolute Gasteiger partial charge is 0.334 e. The summed E-state index contributed by atoms with van der Waals surface area (Å²) in [6, 6.07) is 4.70. The highest BCUT2D eigenvalue weighted by Crippen LogP contribution is 2.39. The molecular weight excluding hydrogens is 262 g/mol. The minimum absolute atomic E-state index is 0.0975. The molecule has 6 heteroatoms. The van der Waals surface area contributed by atoms with Crippen LogP contribution in [0.3, 0.4) is 0 Å². The van der Waals surface area contributed by atoms with E-state index in [0.29, 0.717) is 31.1 Å². The van der Waals surface area contributed by atoms with Crippen LogP contribution in [0.5, 0.6) is 11.5 Å². The standard InChI is InChI=1S/C14H19NO5/c1-3-19-13(17)14(15-6-7-18-2)9-20-12-8-10(16)4-5-11(12)14/h4-5,8,15-16H,3,6-7,9H2,1-2H3. The molecule has 0 saturated heterocycles. The van der Waals surface area contributed by atoms with E-state index >= 15 is 0 Å². The molecule has 110 valence electrons. The predicted molar refractivity (Wildman–Crippen MR) is 71.8 cm³/mol. The molecule has 0 aliphatic carbocycles. The van der Waals surface area contributed by atoms with E-state index in [0.717, 1.165) is 0 Å². The summed E-state index contributed by atoms with van der Waals surface area (Å²) in [6.45, 7) is 3.14. The summed E-state index contributed by atoms with van der Waals surface area (Å²) in [6.07, 6.45) is 0. The van der Waals surface area contributed by atoms with Crippen LogP contribution < -0.4 is 10.1 Å². The van der Waals surface area contributed by atoms with Crippen LogP contribution in [-0.4, -0.2) is 44.6 Å². The van der Waals surface area contributed by atoms with Crippen LogP contribution >= 0.6 is 0 Å². The first kappa shape index (κ1) is 14.6. The first-order valence-corrected chi connectivity index (χ1v) is 6.51. The van der Waals surface area contributed by atoms with E-state index in [9.17, 15) is 9.90 Å². The maximum absolute atomic E-state index is 12.3. The Kier molecular flexibility index (Phi) is 4.46. The molecular formula is C14H19NO5. The molecule has 2 N–H and O–H groups in total. The number of esters is 1. The van der Waals surface area contributed by atoms with Crippen molar-refractivity contribution in [2.24, 2.45) is 0 Å². The van der Waals surface area contributed by atoms with E-state index in [2.05, 4.69) is 5.32 Å². The van der Waals surface area contributed by atoms with Crippen LogP contribution in [0.1, 0.15) is 12.5 Å². The summed E-state index contributed by atoms with van der Waals surface area (Å²) in [7, 11) is 1.59. The summed E-state index contributed by atoms with van der Waals surface area (Å²) in [5.74, 6) is 0.198. The topological polar surface area (TPSA) is 77.0 Å². The van der Waals surface area contributed by atoms with Gasteiger partial charge in [-0.15, -0.1) is 0 Å². The molecule has 1 aromatic carbocycles. The SMILES string of the molecule is CCOC(=O)C1(NCCOC)COc2cc(O)ccc21. The molecule has 0 radical (unpaired) electrons. The Morgan fingerprint density at radius 2 is 2.35 bits per heavy atom. The van der Waals surface area contributed by atoms with Crippen LogP contribution in [-0.2, 0) is 19.8 Å². The maximum atomic E-state index is 12.3. The summed E-state index contributed by atoms with van der Waals surface area (Å²) >= 11 is 0. The lowest BCUT2D eigenvalue weighted by atomic mass is 9.92. The summed E-state index contributed by atoms with van der Waals surface area (Å²) in [5, 5.41) is 12.6. The van der Waals surface area contributed by atoms with Crippen LogP contribution in [0, 0.1) is 0 Å². The number of hydrogen-bond donors (Lipinski definition) is 2. The molecule has 1 aromatic rings. The van der Waals surface area contributed by atoms with Gasteiger partial charge in [0.1, 0.15) is 18.1 Å². The van der Waals surface area contributed by atoms with Crippen LogP contribution in [0.25, 0.3) is 0 Å². The number of benzene rings is 1. The second-order valence-electron chi connectivity index (χ2n) is 4.51. The number of aromatic hydroxyl groups is 1. The Labute approximate surface area is 117 Å². The Bertz CT molecular complexity index is 490. The number of fused-ring (bicyclic) bond motifs is 1. The fraction of sp³-hybridized carbons (Fsp3) is 0.500. The van der Waals surface area contributed by atoms with E-state index in [4.69, 9.17) is 14.2 Å². The van der Waals surface area contributed by atoms with Crippen molar-refractivity contribution in [2.75, 3.05) is 33.5 Å². The van der Waals surface area contributed by atoms with Gasteiger partial charge in [0.05, 0.1) is 13.2 Å². The van der Waals surface area contributed by atoms with Crippen LogP contribution in [0.4, 0.5) is 0 Å². The third kappa shape index (κ3) is 2.57. The van der Waals surface area contributed by atoms with E-state index in [1.807, 2.05) is 0 Å². The quantitative estimate of drug-likeness (QED) is 0.593. The van der Waals surface area contributed by atoms with Gasteiger partial charge in [0, 0.05) is 25.3 Å². The monoisotopic (exact) mass is 281 g/mol. The molecule has 1 atom stereocenters. The number of phenols is 1. The lowest BCUT2D eigenvalue weighted by molar-refractivity contribution is -0.152. The van der Waals surface area contributed by atoms with Crippen molar-refractivity contribution in [3.63, 3.8) is 0 Å². The number of carbonyl (C=O) groups excluding carboxylic acids is 1. The molecule has 0 fully saturated rings. The van der Waals surface area contributed by atoms with Crippen LogP contribution in [0.15, 0.2) is 18.2 Å². The zero-order chi connectivity index (χ0) is 14.6. The number of phenolic OH excluding ortho intramolecular Hbond substituents is 1. The zero-order valence-electron chi connectivity index (χ0n) is 11.6. The normalized spacial score (nSPS) is 20.3. The molecule has 1 heterocycles. The van der Waals surface area contributed by atoms with Gasteiger partial charge in [-0.2, -0.15) is 0 Å². The minimum atomic E-state index is -1.04. The average molecular weight is 281 g/mol. The third-order valence-corrected chi connectivity index (χ3v) is 3.23. The molecule has 1 unspecified atom stereocenters. The second kappa shape index (κ2) is 6.11. The van der Waals surface area contributed by atoms with E-state index in [1.165, 1.54) is 12.1 Å². The Morgan fingerprint density at radius 1 is 1.55 bits per heavy atom. The van der Waals surface area contributed by atoms with Gasteiger partial charge < -0.3 is 19.3 Å². The molecule has 0 saturated carbocycles. The van der Waals surface area contributed by atoms with Gasteiger partial charge in [-0.05, 0) is 19.1 Å². The van der Waals surface area contributed by atoms with Gasteiger partial charge in [-0.1, -0.05) is 0 Å². The summed E-state index contributed by atoms with van der Waals surface area (Å²) in [4.78, 5) is 12.3. The van der Waals surface area contributed by atoms with Crippen molar-refractivity contribution < 1.29 is 24.1 Å². The number of hydrogen-bond acceptors (Lipinski definition) is 6. The average Bonchev–Trinajstić information content (AvgIpc) is 2.79. The van der Waals surface area contributed by atoms with Crippen LogP contribution in [0.2, 0.25) is 0 Å². The van der Waals surface area contributed by atoms with E-state index in [-0.39, 0.29) is 18.3 Å². The molecule has 2 rings (SSSR count). The highest BCUT2D eigenvalue weighted by Gasteiger charge is 2.48. The first-order valence-electron chi connectivity index (χ1n) is 6.51. The van der Waals surface area contributed by atoms with Crippen molar-refractivity contribution in [3.05, 3.63) is 23.8 Å². The van der Waals surface area contributed by atoms with Crippen molar-refractivity contribution in [2.45, 2.75) is 12.5 Å². The van der Waals surface area contributed by atoms with Gasteiger partial charge in [0.2, 0.25) is 0 Å². The van der Waals surface area contributed by atoms with E-state index < -0.39 is 5.54 Å². The van der Waals surface area contributed by atoms with Crippen molar-refractivity contribution in [3.8, 4) is 11.5 Å². The largest absolute Gasteiger partial charge is 0.508 e. The molecule has 0 aromatic heterocycles. The lowest BCUT2D eigenvalue weighted by Crippen LogP contribution is -2.52. The maximum Gasteiger partial charge on any atom is 0.334 e. The minimum Gasteiger partial charge on any atom is -0.508 e. The fourth-order valence-electron chi connectivity index (χ4n) is 2.25. The highest BCUT2D eigenvalue weighted by atomic mass is 16.5. The molecule has 0 bridgehead atoms. The molecule has 6 nitrogen and oxygen atoms in total. The van der Waals surface area contributed by atoms with Gasteiger partial charge in [0.25, 0.3) is 0 Å². The molecule has 20 heavy (non-hydrogen) atoms. The summed E-state index contributed by atoms with van der Waals surface area (Å²) in [5.41, 5.74) is -0.373. The number of rotatable bonds is 6. The summed E-state index contributed by atoms with van der Waals surface area (Å²) < 4.78 is 15.7. The highest BCUT2D eigenvalue weighted by molar-refractivity contribution is 5.85. The van der Waals surface area contributed by atoms with Crippen molar-refractivity contribution in [1.82, 2.24) is 5.32 Å². The third-order valence-electron chi connectivity index (χ3n) is 3.23. The lowest BCUT2D eigenvalue weighted by Gasteiger charge is -2.26. The number of methoxy groups -OCH3 is 1. The van der Waals surface area contributed by atoms with Gasteiger partial charge in [0.15, 0.2) is 5.54 Å². The number of nitrogens with one attached hydrogen (secondary N) is 1. The zero-order valence-corrected chi connectivity index (χ0v) is 11.6. The molecule has 0 amide bonds. The van der Waals surface area contributed by atoms with E-state index in [1.54, 1.807) is 20.1 Å². The first-order chi connectivity index (χ1) is 9.64. The number of carbonyl (C=O) groups is 1. The Balaban J connectivity index is 2.32. The molecule has 1 aliphatic heterocycles. The predicted octanol–water partition coefficient (Wildman–Crippen LogP) is 0.779. The Hall–Kier alpha value is -1.79. The van der Waals surface area contributed by atoms with Gasteiger partial charge in [-0.3, -0.25) is 5.32 Å². The van der Waals surface area contributed by atoms with Crippen molar-refractivity contribution >= 4 is 5.97 Å². The number of ether oxygens (including phenoxy) is 3. The second-order valence-corrected chi connectivity index (χ2v) is 4.51. The fourth-order valence-corrected chi connectivity index (χ4v) is 2.25. The Morgan fingerprint density at radius 3 is 3.05 bits per heavy atom. The van der Waals surface area contributed by atoms with Gasteiger partial charge in [-0.25, -0.2) is 4.79 Å². The van der Waals surface area contributed by atoms with Crippen molar-refractivity contribution in [1.29, 1.82) is 0 Å². The van der Waals surface area contributed by atoms with Gasteiger partial charge >= 0.3 is 5.97 Å².